The lowest BCUT2D eigenvalue weighted by molar-refractivity contribution is 0.0154. The van der Waals surface area contributed by atoms with Gasteiger partial charge in [-0.25, -0.2) is 14.8 Å². The van der Waals surface area contributed by atoms with E-state index in [0.717, 1.165) is 37.4 Å². The van der Waals surface area contributed by atoms with Crippen molar-refractivity contribution in [3.8, 4) is 17.1 Å². The number of hydrogen-bond acceptors (Lipinski definition) is 8. The zero-order valence-electron chi connectivity index (χ0n) is 21.0. The van der Waals surface area contributed by atoms with Gasteiger partial charge in [-0.3, -0.25) is 0 Å². The monoisotopic (exact) mass is 506 g/mol. The summed E-state index contributed by atoms with van der Waals surface area (Å²) in [6.45, 7) is 6.93. The second-order valence-corrected chi connectivity index (χ2v) is 10.1. The molecule has 1 atom stereocenters. The highest BCUT2D eigenvalue weighted by molar-refractivity contribution is 6.29. The molecule has 1 aromatic heterocycles. The molecule has 1 aliphatic heterocycles. The summed E-state index contributed by atoms with van der Waals surface area (Å²) >= 11 is 6.33. The van der Waals surface area contributed by atoms with Crippen molar-refractivity contribution in [2.75, 3.05) is 45.4 Å². The van der Waals surface area contributed by atoms with E-state index in [9.17, 15) is 9.90 Å². The van der Waals surface area contributed by atoms with E-state index < -0.39 is 17.8 Å². The second kappa shape index (κ2) is 11.9. The van der Waals surface area contributed by atoms with Gasteiger partial charge in [-0.2, -0.15) is 0 Å². The molecule has 3 rings (SSSR count). The zero-order chi connectivity index (χ0) is 25.6. The Morgan fingerprint density at radius 2 is 1.94 bits per heavy atom. The van der Waals surface area contributed by atoms with Crippen LogP contribution >= 0.6 is 11.6 Å². The zero-order valence-corrected chi connectivity index (χ0v) is 21.8. The molecule has 1 aliphatic rings. The molecule has 0 aliphatic carbocycles. The van der Waals surface area contributed by atoms with Gasteiger partial charge in [-0.05, 0) is 45.7 Å². The van der Waals surface area contributed by atoms with Crippen molar-refractivity contribution in [1.82, 2.24) is 14.9 Å². The molecule has 192 valence electrons. The van der Waals surface area contributed by atoms with Gasteiger partial charge >= 0.3 is 6.09 Å². The third-order valence-corrected chi connectivity index (χ3v) is 5.70. The van der Waals surface area contributed by atoms with Crippen LogP contribution in [0.15, 0.2) is 30.3 Å². The number of rotatable bonds is 8. The summed E-state index contributed by atoms with van der Waals surface area (Å²) < 4.78 is 16.5. The maximum absolute atomic E-state index is 12.1. The molecule has 2 heterocycles. The third kappa shape index (κ3) is 8.23. The third-order valence-electron chi connectivity index (χ3n) is 5.51. The van der Waals surface area contributed by atoms with Crippen molar-refractivity contribution in [3.05, 3.63) is 35.5 Å². The van der Waals surface area contributed by atoms with Crippen LogP contribution in [-0.4, -0.2) is 84.3 Å². The predicted octanol–water partition coefficient (Wildman–Crippen LogP) is 4.02. The largest absolute Gasteiger partial charge is 0.491 e. The number of amides is 1. The smallest absolute Gasteiger partial charge is 0.410 e. The molecule has 1 saturated heterocycles. The lowest BCUT2D eigenvalue weighted by Gasteiger charge is -2.32. The number of aromatic nitrogens is 2. The van der Waals surface area contributed by atoms with E-state index in [2.05, 4.69) is 9.88 Å². The van der Waals surface area contributed by atoms with Crippen LogP contribution in [0.25, 0.3) is 11.4 Å². The molecule has 0 saturated carbocycles. The van der Waals surface area contributed by atoms with Crippen molar-refractivity contribution in [2.24, 2.45) is 0 Å². The van der Waals surface area contributed by atoms with E-state index in [-0.39, 0.29) is 13.2 Å². The van der Waals surface area contributed by atoms with Gasteiger partial charge in [-0.1, -0.05) is 23.7 Å². The highest BCUT2D eigenvalue weighted by Gasteiger charge is 2.22. The molecule has 1 fully saturated rings. The Labute approximate surface area is 212 Å². The molecule has 0 spiro atoms. The minimum absolute atomic E-state index is 0.00470. The van der Waals surface area contributed by atoms with Crippen molar-refractivity contribution in [3.63, 3.8) is 0 Å². The minimum Gasteiger partial charge on any atom is -0.491 e. The first-order valence-corrected chi connectivity index (χ1v) is 12.1. The molecule has 1 unspecified atom stereocenters. The molecular formula is C25H35ClN4O5. The molecule has 35 heavy (non-hydrogen) atoms. The number of nitrogens with zero attached hydrogens (tertiary/aromatic N) is 4. The average Bonchev–Trinajstić information content (AvgIpc) is 2.81. The van der Waals surface area contributed by atoms with E-state index in [1.165, 1.54) is 4.90 Å². The van der Waals surface area contributed by atoms with Crippen LogP contribution in [0.5, 0.6) is 5.75 Å². The number of carbonyl (C=O) groups excluding carboxylic acids is 1. The minimum atomic E-state index is -0.890. The van der Waals surface area contributed by atoms with Gasteiger partial charge in [0, 0.05) is 45.0 Å². The van der Waals surface area contributed by atoms with Gasteiger partial charge < -0.3 is 29.1 Å². The van der Waals surface area contributed by atoms with E-state index >= 15 is 0 Å². The molecule has 0 radical (unpaired) electrons. The fraction of sp³-hybridized carbons (Fsp3) is 0.560. The summed E-state index contributed by atoms with van der Waals surface area (Å²) in [7, 11) is 3.58. The fourth-order valence-corrected chi connectivity index (χ4v) is 3.85. The van der Waals surface area contributed by atoms with Crippen LogP contribution in [0.4, 0.5) is 10.6 Å². The Morgan fingerprint density at radius 1 is 1.23 bits per heavy atom. The van der Waals surface area contributed by atoms with Gasteiger partial charge in [-0.15, -0.1) is 0 Å². The van der Waals surface area contributed by atoms with Crippen molar-refractivity contribution >= 4 is 23.5 Å². The number of hydrogen-bond donors (Lipinski definition) is 1. The molecule has 1 aromatic carbocycles. The Hall–Kier alpha value is -2.62. The van der Waals surface area contributed by atoms with E-state index in [1.54, 1.807) is 46.0 Å². The van der Waals surface area contributed by atoms with Gasteiger partial charge in [0.05, 0.1) is 6.54 Å². The van der Waals surface area contributed by atoms with Crippen molar-refractivity contribution in [1.29, 1.82) is 0 Å². The summed E-state index contributed by atoms with van der Waals surface area (Å²) in [6.07, 6.45) is 0.473. The molecule has 1 N–H and O–H groups in total. The van der Waals surface area contributed by atoms with Gasteiger partial charge in [0.15, 0.2) is 5.82 Å². The van der Waals surface area contributed by atoms with Crippen LogP contribution in [0, 0.1) is 0 Å². The van der Waals surface area contributed by atoms with Crippen molar-refractivity contribution < 1.29 is 24.1 Å². The van der Waals surface area contributed by atoms with Gasteiger partial charge in [0.1, 0.15) is 35.0 Å². The lowest BCUT2D eigenvalue weighted by Crippen LogP contribution is -2.40. The SMILES string of the molecule is CN(CC(O)COc1cccc(-c2nc(Cl)cc(N(C)C3CCOCC3)n2)c1)C(=O)OC(C)(C)C. The number of aliphatic hydroxyl groups is 1. The van der Waals surface area contributed by atoms with Crippen molar-refractivity contribution in [2.45, 2.75) is 51.4 Å². The van der Waals surface area contributed by atoms with E-state index in [1.807, 2.05) is 19.2 Å². The Kier molecular flexibility index (Phi) is 9.15. The summed E-state index contributed by atoms with van der Waals surface area (Å²) in [5, 5.41) is 10.7. The van der Waals surface area contributed by atoms with Crippen LogP contribution in [0.3, 0.4) is 0 Å². The van der Waals surface area contributed by atoms with Crippen LogP contribution in [0.2, 0.25) is 5.15 Å². The number of anilines is 1. The number of halogens is 1. The predicted molar refractivity (Wildman–Crippen MR) is 135 cm³/mol. The first-order valence-electron chi connectivity index (χ1n) is 11.7. The molecule has 10 heteroatoms. The molecule has 9 nitrogen and oxygen atoms in total. The van der Waals surface area contributed by atoms with Gasteiger partial charge in [0.2, 0.25) is 0 Å². The summed E-state index contributed by atoms with van der Waals surface area (Å²) in [4.78, 5) is 24.7. The highest BCUT2D eigenvalue weighted by atomic mass is 35.5. The van der Waals surface area contributed by atoms with Gasteiger partial charge in [0.25, 0.3) is 0 Å². The lowest BCUT2D eigenvalue weighted by atomic mass is 10.1. The van der Waals surface area contributed by atoms with Crippen LogP contribution in [0.1, 0.15) is 33.6 Å². The van der Waals surface area contributed by atoms with E-state index in [0.29, 0.717) is 22.8 Å². The first-order chi connectivity index (χ1) is 16.5. The second-order valence-electron chi connectivity index (χ2n) is 9.68. The molecule has 2 aromatic rings. The summed E-state index contributed by atoms with van der Waals surface area (Å²) in [6, 6.07) is 9.39. The summed E-state index contributed by atoms with van der Waals surface area (Å²) in [5.41, 5.74) is 0.141. The maximum atomic E-state index is 12.1. The standard InChI is InChI=1S/C25H35ClN4O5/c1-25(2,3)35-24(32)29(4)15-19(31)16-34-20-8-6-7-17(13-20)23-27-21(26)14-22(28-23)30(5)18-9-11-33-12-10-18/h6-8,13-14,18-19,31H,9-12,15-16H2,1-5H3. The average molecular weight is 507 g/mol. The number of benzene rings is 1. The Morgan fingerprint density at radius 3 is 2.63 bits per heavy atom. The number of carbonyl (C=O) groups is 1. The molecule has 0 bridgehead atoms. The number of aliphatic hydroxyl groups excluding tert-OH is 1. The summed E-state index contributed by atoms with van der Waals surface area (Å²) in [5.74, 6) is 1.78. The van der Waals surface area contributed by atoms with Crippen LogP contribution in [-0.2, 0) is 9.47 Å². The van der Waals surface area contributed by atoms with Crippen LogP contribution < -0.4 is 9.64 Å². The fourth-order valence-electron chi connectivity index (χ4n) is 3.68. The van der Waals surface area contributed by atoms with E-state index in [4.69, 9.17) is 30.8 Å². The maximum Gasteiger partial charge on any atom is 0.410 e. The quantitative estimate of drug-likeness (QED) is 0.536. The Balaban J connectivity index is 1.63. The topological polar surface area (TPSA) is 97.3 Å². The first kappa shape index (κ1) is 27.0. The number of likely N-dealkylation sites (N-methyl/N-ethyl adjacent to an activating group) is 1. The molecular weight excluding hydrogens is 472 g/mol. The highest BCUT2D eigenvalue weighted by Crippen LogP contribution is 2.27. The Bertz CT molecular complexity index is 994. The normalized spacial score (nSPS) is 15.4. The molecule has 1 amide bonds. The number of ether oxygens (including phenoxy) is 3.